The van der Waals surface area contributed by atoms with Crippen molar-refractivity contribution in [2.75, 3.05) is 7.11 Å². The van der Waals surface area contributed by atoms with Crippen molar-refractivity contribution in [3.05, 3.63) is 53.6 Å². The Morgan fingerprint density at radius 3 is 2.43 bits per heavy atom. The van der Waals surface area contributed by atoms with E-state index in [0.717, 1.165) is 17.7 Å². The molecule has 0 aliphatic heterocycles. The van der Waals surface area contributed by atoms with Crippen LogP contribution in [0.15, 0.2) is 48.1 Å². The molecule has 0 aromatic heterocycles. The standard InChI is InChI=1S/C21H24O2/c1-15(22)18-14-20-11-5-4-10-19(20,2)21(18,13-12-20)16-6-8-17(23-3)9-7-16/h6-9,12-14H,4-5,10-11H2,1-3H3/t19-,20+,21+/m0/s1. The number of allylic oxidation sites excluding steroid dienone is 4. The first-order valence-electron chi connectivity index (χ1n) is 8.58. The van der Waals surface area contributed by atoms with Gasteiger partial charge in [0.25, 0.3) is 0 Å². The summed E-state index contributed by atoms with van der Waals surface area (Å²) in [6.07, 6.45) is 11.9. The Kier molecular flexibility index (Phi) is 2.94. The molecule has 0 amide bonds. The molecular formula is C21H24O2. The van der Waals surface area contributed by atoms with Crippen LogP contribution < -0.4 is 4.74 Å². The van der Waals surface area contributed by atoms with Crippen LogP contribution in [0.2, 0.25) is 0 Å². The Labute approximate surface area is 138 Å². The minimum absolute atomic E-state index is 0.0617. The number of hydrogen-bond donors (Lipinski definition) is 0. The van der Waals surface area contributed by atoms with E-state index in [4.69, 9.17) is 4.74 Å². The number of rotatable bonds is 3. The number of hydrogen-bond acceptors (Lipinski definition) is 2. The van der Waals surface area contributed by atoms with Gasteiger partial charge in [-0.15, -0.1) is 0 Å². The molecule has 1 aromatic rings. The SMILES string of the molecule is COc1ccc([C@]23C=C[C@@]4(C=C2C(C)=O)CCCC[C@@]43C)cc1. The molecule has 1 saturated carbocycles. The summed E-state index contributed by atoms with van der Waals surface area (Å²) < 4.78 is 5.31. The lowest BCUT2D eigenvalue weighted by molar-refractivity contribution is -0.114. The van der Waals surface area contributed by atoms with Crippen molar-refractivity contribution < 1.29 is 9.53 Å². The van der Waals surface area contributed by atoms with Crippen LogP contribution in [-0.2, 0) is 10.2 Å². The van der Waals surface area contributed by atoms with E-state index in [1.165, 1.54) is 24.8 Å². The van der Waals surface area contributed by atoms with Crippen LogP contribution in [0.4, 0.5) is 0 Å². The molecule has 1 aromatic carbocycles. The van der Waals surface area contributed by atoms with Gasteiger partial charge in [0.1, 0.15) is 5.75 Å². The molecule has 0 saturated heterocycles. The van der Waals surface area contributed by atoms with Gasteiger partial charge in [0.05, 0.1) is 7.11 Å². The maximum Gasteiger partial charge on any atom is 0.156 e. The molecule has 0 spiro atoms. The van der Waals surface area contributed by atoms with Crippen molar-refractivity contribution in [2.45, 2.75) is 44.9 Å². The zero-order chi connectivity index (χ0) is 16.3. The first kappa shape index (κ1) is 14.7. The Morgan fingerprint density at radius 2 is 1.78 bits per heavy atom. The highest BCUT2D eigenvalue weighted by Crippen LogP contribution is 2.73. The van der Waals surface area contributed by atoms with E-state index in [0.29, 0.717) is 0 Å². The molecule has 3 aliphatic rings. The van der Waals surface area contributed by atoms with Gasteiger partial charge in [-0.2, -0.15) is 0 Å². The molecule has 0 radical (unpaired) electrons. The molecule has 3 atom stereocenters. The Bertz CT molecular complexity index is 727. The molecule has 4 rings (SSSR count). The lowest BCUT2D eigenvalue weighted by atomic mass is 9.52. The summed E-state index contributed by atoms with van der Waals surface area (Å²) in [6, 6.07) is 8.31. The number of benzene rings is 1. The van der Waals surface area contributed by atoms with Gasteiger partial charge >= 0.3 is 0 Å². The highest BCUT2D eigenvalue weighted by molar-refractivity contribution is 5.99. The van der Waals surface area contributed by atoms with Crippen LogP contribution in [0.3, 0.4) is 0 Å². The van der Waals surface area contributed by atoms with Crippen molar-refractivity contribution in [2.24, 2.45) is 10.8 Å². The fourth-order valence-electron chi connectivity index (χ4n) is 5.54. The zero-order valence-electron chi connectivity index (χ0n) is 14.2. The molecular weight excluding hydrogens is 284 g/mol. The molecule has 3 aliphatic carbocycles. The van der Waals surface area contributed by atoms with E-state index in [9.17, 15) is 4.79 Å². The summed E-state index contributed by atoms with van der Waals surface area (Å²) in [6.45, 7) is 4.11. The largest absolute Gasteiger partial charge is 0.497 e. The first-order valence-corrected chi connectivity index (χ1v) is 8.58. The number of Topliss-reactive ketones (excluding diaryl/α,β-unsaturated/α-hetero) is 1. The lowest BCUT2D eigenvalue weighted by Crippen LogP contribution is -2.46. The van der Waals surface area contributed by atoms with Gasteiger partial charge in [-0.1, -0.05) is 50.1 Å². The maximum absolute atomic E-state index is 12.5. The number of methoxy groups -OCH3 is 1. The van der Waals surface area contributed by atoms with Crippen LogP contribution in [0.25, 0.3) is 0 Å². The number of ether oxygens (including phenoxy) is 1. The fraction of sp³-hybridized carbons (Fsp3) is 0.476. The number of carbonyl (C=O) groups excluding carboxylic acids is 1. The summed E-state index contributed by atoms with van der Waals surface area (Å²) in [7, 11) is 1.69. The predicted octanol–water partition coefficient (Wildman–Crippen LogP) is 4.60. The van der Waals surface area contributed by atoms with Gasteiger partial charge in [-0.05, 0) is 42.9 Å². The van der Waals surface area contributed by atoms with Crippen molar-refractivity contribution in [1.82, 2.24) is 0 Å². The third-order valence-electron chi connectivity index (χ3n) is 6.80. The monoisotopic (exact) mass is 308 g/mol. The molecule has 2 nitrogen and oxygen atoms in total. The average molecular weight is 308 g/mol. The fourth-order valence-corrected chi connectivity index (χ4v) is 5.54. The second-order valence-electron chi connectivity index (χ2n) is 7.56. The quantitative estimate of drug-likeness (QED) is 0.763. The topological polar surface area (TPSA) is 26.3 Å². The molecule has 120 valence electrons. The van der Waals surface area contributed by atoms with Gasteiger partial charge in [0, 0.05) is 16.4 Å². The molecule has 2 heteroatoms. The smallest absolute Gasteiger partial charge is 0.156 e. The second-order valence-corrected chi connectivity index (χ2v) is 7.56. The van der Waals surface area contributed by atoms with Gasteiger partial charge < -0.3 is 4.74 Å². The molecule has 23 heavy (non-hydrogen) atoms. The molecule has 0 heterocycles. The minimum atomic E-state index is -0.272. The van der Waals surface area contributed by atoms with E-state index in [1.54, 1.807) is 14.0 Å². The Hall–Kier alpha value is -1.83. The van der Waals surface area contributed by atoms with Crippen LogP contribution in [-0.4, -0.2) is 12.9 Å². The normalized spacial score (nSPS) is 37.4. The number of carbonyl (C=O) groups is 1. The van der Waals surface area contributed by atoms with E-state index in [2.05, 4.69) is 37.3 Å². The van der Waals surface area contributed by atoms with Gasteiger partial charge in [-0.3, -0.25) is 4.79 Å². The Balaban J connectivity index is 1.94. The highest BCUT2D eigenvalue weighted by Gasteiger charge is 2.68. The third kappa shape index (κ3) is 1.57. The van der Waals surface area contributed by atoms with Crippen LogP contribution in [0.5, 0.6) is 5.75 Å². The van der Waals surface area contributed by atoms with Crippen molar-refractivity contribution >= 4 is 5.78 Å². The van der Waals surface area contributed by atoms with Crippen LogP contribution in [0.1, 0.15) is 45.1 Å². The summed E-state index contributed by atoms with van der Waals surface area (Å²) >= 11 is 0. The summed E-state index contributed by atoms with van der Waals surface area (Å²) in [5.41, 5.74) is 2.08. The lowest BCUT2D eigenvalue weighted by Gasteiger charge is -2.50. The second kappa shape index (κ2) is 4.59. The van der Waals surface area contributed by atoms with E-state index < -0.39 is 0 Å². The van der Waals surface area contributed by atoms with E-state index in [-0.39, 0.29) is 22.0 Å². The van der Waals surface area contributed by atoms with E-state index in [1.807, 2.05) is 12.1 Å². The van der Waals surface area contributed by atoms with Gasteiger partial charge in [0.15, 0.2) is 5.78 Å². The van der Waals surface area contributed by atoms with Crippen LogP contribution >= 0.6 is 0 Å². The molecule has 1 fully saturated rings. The van der Waals surface area contributed by atoms with Crippen molar-refractivity contribution in [3.8, 4) is 5.75 Å². The average Bonchev–Trinajstić information content (AvgIpc) is 2.97. The zero-order valence-corrected chi connectivity index (χ0v) is 14.2. The third-order valence-corrected chi connectivity index (χ3v) is 6.80. The maximum atomic E-state index is 12.5. The van der Waals surface area contributed by atoms with E-state index >= 15 is 0 Å². The van der Waals surface area contributed by atoms with Gasteiger partial charge in [-0.25, -0.2) is 0 Å². The van der Waals surface area contributed by atoms with Gasteiger partial charge in [0.2, 0.25) is 0 Å². The Morgan fingerprint density at radius 1 is 1.09 bits per heavy atom. The minimum Gasteiger partial charge on any atom is -0.497 e. The summed E-state index contributed by atoms with van der Waals surface area (Å²) in [5.74, 6) is 1.07. The number of ketones is 1. The molecule has 2 bridgehead atoms. The summed E-state index contributed by atoms with van der Waals surface area (Å²) in [4.78, 5) is 12.5. The summed E-state index contributed by atoms with van der Waals surface area (Å²) in [5, 5.41) is 0. The first-order chi connectivity index (χ1) is 11.0. The highest BCUT2D eigenvalue weighted by atomic mass is 16.5. The predicted molar refractivity (Wildman–Crippen MR) is 91.6 cm³/mol. The van der Waals surface area contributed by atoms with Crippen molar-refractivity contribution in [3.63, 3.8) is 0 Å². The molecule has 0 unspecified atom stereocenters. The van der Waals surface area contributed by atoms with Crippen LogP contribution in [0, 0.1) is 10.8 Å². The molecule has 0 N–H and O–H groups in total. The van der Waals surface area contributed by atoms with Crippen molar-refractivity contribution in [1.29, 1.82) is 0 Å².